The number of hydrogen-bond donors (Lipinski definition) is 1. The molecule has 0 atom stereocenters. The lowest BCUT2D eigenvalue weighted by Crippen LogP contribution is -2.46. The lowest BCUT2D eigenvalue weighted by Gasteiger charge is -2.34. The summed E-state index contributed by atoms with van der Waals surface area (Å²) in [5, 5.41) is 11.4. The lowest BCUT2D eigenvalue weighted by molar-refractivity contribution is 0.641. The number of aromatic nitrogens is 3. The van der Waals surface area contributed by atoms with Gasteiger partial charge in [0.05, 0.1) is 5.69 Å². The van der Waals surface area contributed by atoms with Gasteiger partial charge in [0.15, 0.2) is 10.9 Å². The van der Waals surface area contributed by atoms with E-state index >= 15 is 0 Å². The molecular formula is C12H16N6S. The van der Waals surface area contributed by atoms with Crippen LogP contribution in [0.3, 0.4) is 0 Å². The Morgan fingerprint density at radius 1 is 1.11 bits per heavy atom. The van der Waals surface area contributed by atoms with Crippen molar-refractivity contribution in [3.05, 3.63) is 29.4 Å². The van der Waals surface area contributed by atoms with Gasteiger partial charge in [-0.3, -0.25) is 0 Å². The molecule has 2 N–H and O–H groups in total. The molecule has 6 nitrogen and oxygen atoms in total. The highest BCUT2D eigenvalue weighted by molar-refractivity contribution is 7.13. The Hall–Kier alpha value is -1.73. The van der Waals surface area contributed by atoms with Crippen LogP contribution in [0.4, 0.5) is 10.9 Å². The van der Waals surface area contributed by atoms with Gasteiger partial charge in [0.25, 0.3) is 0 Å². The summed E-state index contributed by atoms with van der Waals surface area (Å²) in [4.78, 5) is 8.90. The van der Waals surface area contributed by atoms with Crippen LogP contribution in [0, 0.1) is 0 Å². The van der Waals surface area contributed by atoms with Gasteiger partial charge in [-0.25, -0.2) is 4.98 Å². The fourth-order valence-corrected chi connectivity index (χ4v) is 2.83. The maximum absolute atomic E-state index is 5.52. The second kappa shape index (κ2) is 5.50. The SMILES string of the molecule is NCc1ccc(N2CCN(c3nccs3)CC2)nn1. The van der Waals surface area contributed by atoms with E-state index in [-0.39, 0.29) is 0 Å². The predicted octanol–water partition coefficient (Wildman–Crippen LogP) is 0.718. The molecule has 3 rings (SSSR count). The molecule has 0 bridgehead atoms. The third kappa shape index (κ3) is 2.66. The minimum Gasteiger partial charge on any atom is -0.352 e. The summed E-state index contributed by atoms with van der Waals surface area (Å²) in [7, 11) is 0. The van der Waals surface area contributed by atoms with E-state index in [9.17, 15) is 0 Å². The van der Waals surface area contributed by atoms with Crippen LogP contribution in [-0.2, 0) is 6.54 Å². The Labute approximate surface area is 115 Å². The molecule has 0 amide bonds. The van der Waals surface area contributed by atoms with Gasteiger partial charge < -0.3 is 15.5 Å². The highest BCUT2D eigenvalue weighted by Gasteiger charge is 2.19. The molecule has 100 valence electrons. The maximum atomic E-state index is 5.52. The predicted molar refractivity (Wildman–Crippen MR) is 76.5 cm³/mol. The average molecular weight is 276 g/mol. The quantitative estimate of drug-likeness (QED) is 0.890. The molecule has 2 aromatic heterocycles. The zero-order valence-electron chi connectivity index (χ0n) is 10.6. The molecular weight excluding hydrogens is 260 g/mol. The second-order valence-electron chi connectivity index (χ2n) is 4.38. The van der Waals surface area contributed by atoms with Gasteiger partial charge in [-0.2, -0.15) is 5.10 Å². The summed E-state index contributed by atoms with van der Waals surface area (Å²) in [6.07, 6.45) is 1.85. The van der Waals surface area contributed by atoms with Crippen molar-refractivity contribution in [1.29, 1.82) is 0 Å². The summed E-state index contributed by atoms with van der Waals surface area (Å²) in [5.74, 6) is 0.927. The molecule has 1 saturated heterocycles. The largest absolute Gasteiger partial charge is 0.352 e. The summed E-state index contributed by atoms with van der Waals surface area (Å²) >= 11 is 1.69. The molecule has 1 aliphatic rings. The Morgan fingerprint density at radius 2 is 1.89 bits per heavy atom. The van der Waals surface area contributed by atoms with Crippen molar-refractivity contribution in [3.8, 4) is 0 Å². The Morgan fingerprint density at radius 3 is 2.47 bits per heavy atom. The summed E-state index contributed by atoms with van der Waals surface area (Å²) in [6, 6.07) is 3.93. The number of nitrogens with two attached hydrogens (primary N) is 1. The van der Waals surface area contributed by atoms with Crippen molar-refractivity contribution in [2.75, 3.05) is 36.0 Å². The smallest absolute Gasteiger partial charge is 0.185 e. The van der Waals surface area contributed by atoms with Crippen LogP contribution in [0.15, 0.2) is 23.7 Å². The molecule has 0 aromatic carbocycles. The highest BCUT2D eigenvalue weighted by Crippen LogP contribution is 2.20. The third-order valence-electron chi connectivity index (χ3n) is 3.21. The van der Waals surface area contributed by atoms with E-state index in [1.54, 1.807) is 11.3 Å². The topological polar surface area (TPSA) is 71.2 Å². The van der Waals surface area contributed by atoms with Crippen LogP contribution >= 0.6 is 11.3 Å². The van der Waals surface area contributed by atoms with Gasteiger partial charge in [0.2, 0.25) is 0 Å². The second-order valence-corrected chi connectivity index (χ2v) is 5.25. The van der Waals surface area contributed by atoms with Crippen LogP contribution in [-0.4, -0.2) is 41.4 Å². The van der Waals surface area contributed by atoms with Gasteiger partial charge in [0.1, 0.15) is 0 Å². The van der Waals surface area contributed by atoms with Crippen molar-refractivity contribution in [2.45, 2.75) is 6.54 Å². The fourth-order valence-electron chi connectivity index (χ4n) is 2.13. The summed E-state index contributed by atoms with van der Waals surface area (Å²) in [5.41, 5.74) is 6.35. The number of rotatable bonds is 3. The molecule has 0 radical (unpaired) electrons. The van der Waals surface area contributed by atoms with Crippen molar-refractivity contribution >= 4 is 22.3 Å². The van der Waals surface area contributed by atoms with Crippen molar-refractivity contribution in [2.24, 2.45) is 5.73 Å². The normalized spacial score (nSPS) is 15.8. The Balaban J connectivity index is 1.63. The van der Waals surface area contributed by atoms with E-state index in [4.69, 9.17) is 5.73 Å². The minimum absolute atomic E-state index is 0.436. The maximum Gasteiger partial charge on any atom is 0.185 e. The Kier molecular flexibility index (Phi) is 3.56. The van der Waals surface area contributed by atoms with Gasteiger partial charge in [-0.1, -0.05) is 0 Å². The molecule has 0 spiro atoms. The van der Waals surface area contributed by atoms with Gasteiger partial charge in [-0.15, -0.1) is 16.4 Å². The van der Waals surface area contributed by atoms with Crippen molar-refractivity contribution in [3.63, 3.8) is 0 Å². The van der Waals surface area contributed by atoms with E-state index in [1.165, 1.54) is 0 Å². The van der Waals surface area contributed by atoms with Crippen molar-refractivity contribution in [1.82, 2.24) is 15.2 Å². The molecule has 0 aliphatic carbocycles. The number of piperazine rings is 1. The first-order chi connectivity index (χ1) is 9.36. The molecule has 3 heterocycles. The minimum atomic E-state index is 0.436. The number of thiazole rings is 1. The monoisotopic (exact) mass is 276 g/mol. The number of anilines is 2. The molecule has 1 fully saturated rings. The van der Waals surface area contributed by atoms with Crippen LogP contribution in [0.1, 0.15) is 5.69 Å². The molecule has 0 unspecified atom stereocenters. The van der Waals surface area contributed by atoms with E-state index in [0.717, 1.165) is 42.8 Å². The standard InChI is InChI=1S/C12H16N6S/c13-9-10-1-2-11(16-15-10)17-4-6-18(7-5-17)12-14-3-8-19-12/h1-3,8H,4-7,9,13H2. The Bertz CT molecular complexity index is 504. The molecule has 1 aliphatic heterocycles. The van der Waals surface area contributed by atoms with Crippen LogP contribution < -0.4 is 15.5 Å². The zero-order valence-corrected chi connectivity index (χ0v) is 11.4. The molecule has 7 heteroatoms. The lowest BCUT2D eigenvalue weighted by atomic mass is 10.3. The first-order valence-corrected chi connectivity index (χ1v) is 7.17. The highest BCUT2D eigenvalue weighted by atomic mass is 32.1. The van der Waals surface area contributed by atoms with Gasteiger partial charge in [-0.05, 0) is 12.1 Å². The fraction of sp³-hybridized carbons (Fsp3) is 0.417. The summed E-state index contributed by atoms with van der Waals surface area (Å²) in [6.45, 7) is 4.25. The number of hydrogen-bond acceptors (Lipinski definition) is 7. The molecule has 2 aromatic rings. The summed E-state index contributed by atoms with van der Waals surface area (Å²) < 4.78 is 0. The first kappa shape index (κ1) is 12.3. The van der Waals surface area contributed by atoms with Crippen molar-refractivity contribution < 1.29 is 0 Å². The third-order valence-corrected chi connectivity index (χ3v) is 4.04. The number of nitrogens with zero attached hydrogens (tertiary/aromatic N) is 5. The van der Waals surface area contributed by atoms with Gasteiger partial charge >= 0.3 is 0 Å². The van der Waals surface area contributed by atoms with Gasteiger partial charge in [0, 0.05) is 44.3 Å². The molecule has 0 saturated carbocycles. The first-order valence-electron chi connectivity index (χ1n) is 6.29. The van der Waals surface area contributed by atoms with Crippen LogP contribution in [0.25, 0.3) is 0 Å². The van der Waals surface area contributed by atoms with E-state index in [0.29, 0.717) is 6.54 Å². The molecule has 19 heavy (non-hydrogen) atoms. The van der Waals surface area contributed by atoms with Crippen LogP contribution in [0.2, 0.25) is 0 Å². The van der Waals surface area contributed by atoms with E-state index in [1.807, 2.05) is 23.7 Å². The van der Waals surface area contributed by atoms with E-state index < -0.39 is 0 Å². The zero-order chi connectivity index (χ0) is 13.1. The van der Waals surface area contributed by atoms with E-state index in [2.05, 4.69) is 25.0 Å². The van der Waals surface area contributed by atoms with Crippen LogP contribution in [0.5, 0.6) is 0 Å². The average Bonchev–Trinajstić information content (AvgIpc) is 3.02.